The van der Waals surface area contributed by atoms with E-state index in [1.807, 2.05) is 44.2 Å². The van der Waals surface area contributed by atoms with Crippen molar-refractivity contribution in [2.45, 2.75) is 51.2 Å². The lowest BCUT2D eigenvalue weighted by molar-refractivity contribution is -0.138. The Bertz CT molecular complexity index is 1460. The highest BCUT2D eigenvalue weighted by molar-refractivity contribution is 7.92. The van der Waals surface area contributed by atoms with Gasteiger partial charge in [-0.1, -0.05) is 67.9 Å². The number of nitrogens with one attached hydrogen (secondary N) is 1. The Balaban J connectivity index is 2.03. The van der Waals surface area contributed by atoms with E-state index in [1.54, 1.807) is 26.0 Å². The van der Waals surface area contributed by atoms with E-state index < -0.39 is 46.2 Å². The van der Waals surface area contributed by atoms with E-state index >= 15 is 0 Å². The number of halogens is 3. The van der Waals surface area contributed by atoms with Crippen molar-refractivity contribution >= 4 is 27.5 Å². The largest absolute Gasteiger partial charge is 0.416 e. The second-order valence-corrected chi connectivity index (χ2v) is 12.4. The molecular formula is C31H36F3N3O4S. The maximum Gasteiger partial charge on any atom is 0.416 e. The average Bonchev–Trinajstić information content (AvgIpc) is 2.94. The number of hydrogen-bond acceptors (Lipinski definition) is 4. The van der Waals surface area contributed by atoms with Crippen LogP contribution >= 0.6 is 0 Å². The van der Waals surface area contributed by atoms with Gasteiger partial charge in [-0.2, -0.15) is 13.2 Å². The molecule has 0 aliphatic carbocycles. The molecule has 0 saturated heterocycles. The third-order valence-electron chi connectivity index (χ3n) is 6.69. The smallest absolute Gasteiger partial charge is 0.354 e. The average molecular weight is 604 g/mol. The van der Waals surface area contributed by atoms with Crippen molar-refractivity contribution in [3.8, 4) is 0 Å². The van der Waals surface area contributed by atoms with Crippen LogP contribution in [-0.4, -0.2) is 50.8 Å². The molecule has 1 atom stereocenters. The first-order chi connectivity index (χ1) is 19.7. The predicted molar refractivity (Wildman–Crippen MR) is 156 cm³/mol. The molecule has 3 aromatic carbocycles. The number of anilines is 1. The fourth-order valence-electron chi connectivity index (χ4n) is 4.23. The molecule has 226 valence electrons. The standard InChI is InChI=1S/C31H36F3N3O4S/c1-22(2)20-35-30(39)24(4)36(18-17-25-9-6-5-7-10-25)29(38)21-37(27-12-8-11-26(19-27)31(32,33)34)42(40,41)28-15-13-23(3)14-16-28/h5-16,19,22,24H,17-18,20-21H2,1-4H3,(H,35,39)/t24-/m0/s1. The molecule has 0 spiro atoms. The van der Waals surface area contributed by atoms with Gasteiger partial charge in [-0.05, 0) is 62.1 Å². The lowest BCUT2D eigenvalue weighted by atomic mass is 10.1. The van der Waals surface area contributed by atoms with Gasteiger partial charge < -0.3 is 10.2 Å². The monoisotopic (exact) mass is 603 g/mol. The summed E-state index contributed by atoms with van der Waals surface area (Å²) in [5, 5.41) is 2.80. The summed E-state index contributed by atoms with van der Waals surface area (Å²) in [6, 6.07) is 17.9. The number of sulfonamides is 1. The lowest BCUT2D eigenvalue weighted by Gasteiger charge is -2.32. The highest BCUT2D eigenvalue weighted by Crippen LogP contribution is 2.33. The summed E-state index contributed by atoms with van der Waals surface area (Å²) in [5.74, 6) is -0.992. The molecular weight excluding hydrogens is 567 g/mol. The summed E-state index contributed by atoms with van der Waals surface area (Å²) < 4.78 is 69.1. The zero-order chi connectivity index (χ0) is 31.1. The van der Waals surface area contributed by atoms with Gasteiger partial charge in [0.2, 0.25) is 11.8 Å². The van der Waals surface area contributed by atoms with Crippen molar-refractivity contribution in [1.29, 1.82) is 0 Å². The molecule has 1 N–H and O–H groups in total. The van der Waals surface area contributed by atoms with E-state index in [-0.39, 0.29) is 23.0 Å². The zero-order valence-electron chi connectivity index (χ0n) is 24.1. The minimum atomic E-state index is -4.73. The Morgan fingerprint density at radius 3 is 2.14 bits per heavy atom. The molecule has 0 heterocycles. The van der Waals surface area contributed by atoms with Crippen molar-refractivity contribution in [3.63, 3.8) is 0 Å². The van der Waals surface area contributed by atoms with Crippen molar-refractivity contribution in [1.82, 2.24) is 10.2 Å². The van der Waals surface area contributed by atoms with Crippen LogP contribution in [0.15, 0.2) is 83.8 Å². The van der Waals surface area contributed by atoms with Crippen molar-refractivity contribution in [2.75, 3.05) is 23.9 Å². The second kappa shape index (κ2) is 13.9. The van der Waals surface area contributed by atoms with Gasteiger partial charge in [0.15, 0.2) is 0 Å². The Labute approximate surface area is 245 Å². The Kier molecular flexibility index (Phi) is 10.8. The first-order valence-corrected chi connectivity index (χ1v) is 15.0. The first-order valence-electron chi connectivity index (χ1n) is 13.6. The van der Waals surface area contributed by atoms with Gasteiger partial charge in [0.25, 0.3) is 10.0 Å². The molecule has 11 heteroatoms. The third-order valence-corrected chi connectivity index (χ3v) is 8.47. The van der Waals surface area contributed by atoms with Gasteiger partial charge in [0, 0.05) is 13.1 Å². The summed E-state index contributed by atoms with van der Waals surface area (Å²) in [4.78, 5) is 28.0. The van der Waals surface area contributed by atoms with Gasteiger partial charge >= 0.3 is 6.18 Å². The van der Waals surface area contributed by atoms with E-state index in [1.165, 1.54) is 23.1 Å². The highest BCUT2D eigenvalue weighted by Gasteiger charge is 2.35. The first kappa shape index (κ1) is 32.7. The summed E-state index contributed by atoms with van der Waals surface area (Å²) in [6.07, 6.45) is -4.35. The lowest BCUT2D eigenvalue weighted by Crippen LogP contribution is -2.52. The molecule has 0 fully saturated rings. The van der Waals surface area contributed by atoms with Crippen LogP contribution in [-0.2, 0) is 32.2 Å². The summed E-state index contributed by atoms with van der Waals surface area (Å²) in [6.45, 7) is 6.80. The molecule has 2 amide bonds. The molecule has 0 unspecified atom stereocenters. The minimum absolute atomic E-state index is 0.0835. The number of nitrogens with zero attached hydrogens (tertiary/aromatic N) is 2. The van der Waals surface area contributed by atoms with Gasteiger partial charge in [0.1, 0.15) is 12.6 Å². The fourth-order valence-corrected chi connectivity index (χ4v) is 5.63. The van der Waals surface area contributed by atoms with Gasteiger partial charge in [-0.25, -0.2) is 8.42 Å². The predicted octanol–water partition coefficient (Wildman–Crippen LogP) is 5.44. The Morgan fingerprint density at radius 1 is 0.905 bits per heavy atom. The van der Waals surface area contributed by atoms with Crippen LogP contribution in [0.25, 0.3) is 0 Å². The van der Waals surface area contributed by atoms with Gasteiger partial charge in [-0.15, -0.1) is 0 Å². The SMILES string of the molecule is Cc1ccc(S(=O)(=O)N(CC(=O)N(CCc2ccccc2)[C@@H](C)C(=O)NCC(C)C)c2cccc(C(F)(F)F)c2)cc1. The molecule has 0 aliphatic heterocycles. The zero-order valence-corrected chi connectivity index (χ0v) is 24.9. The summed E-state index contributed by atoms with van der Waals surface area (Å²) >= 11 is 0. The minimum Gasteiger partial charge on any atom is -0.354 e. The molecule has 0 radical (unpaired) electrons. The Morgan fingerprint density at radius 2 is 1.55 bits per heavy atom. The molecule has 7 nitrogen and oxygen atoms in total. The number of alkyl halides is 3. The van der Waals surface area contributed by atoms with Crippen LogP contribution in [0.3, 0.4) is 0 Å². The number of amides is 2. The Hall–Kier alpha value is -3.86. The number of aryl methyl sites for hydroxylation is 1. The number of hydrogen-bond donors (Lipinski definition) is 1. The molecule has 42 heavy (non-hydrogen) atoms. The van der Waals surface area contributed by atoms with E-state index in [0.717, 1.165) is 23.3 Å². The topological polar surface area (TPSA) is 86.8 Å². The number of carbonyl (C=O) groups excluding carboxylic acids is 2. The van der Waals surface area contributed by atoms with Crippen LogP contribution in [0.2, 0.25) is 0 Å². The number of carbonyl (C=O) groups is 2. The van der Waals surface area contributed by atoms with E-state index in [2.05, 4.69) is 5.32 Å². The summed E-state index contributed by atoms with van der Waals surface area (Å²) in [7, 11) is -4.48. The molecule has 0 aromatic heterocycles. The van der Waals surface area contributed by atoms with Crippen LogP contribution < -0.4 is 9.62 Å². The van der Waals surface area contributed by atoms with Crippen LogP contribution in [0.5, 0.6) is 0 Å². The van der Waals surface area contributed by atoms with Crippen molar-refractivity contribution in [3.05, 3.63) is 95.6 Å². The third kappa shape index (κ3) is 8.58. The number of rotatable bonds is 12. The summed E-state index contributed by atoms with van der Waals surface area (Å²) in [5.41, 5.74) is 0.300. The van der Waals surface area contributed by atoms with Crippen molar-refractivity contribution in [2.24, 2.45) is 5.92 Å². The molecule has 0 aliphatic rings. The quantitative estimate of drug-likeness (QED) is 0.299. The highest BCUT2D eigenvalue weighted by atomic mass is 32.2. The van der Waals surface area contributed by atoms with Gasteiger partial charge in [-0.3, -0.25) is 13.9 Å². The molecule has 3 aromatic rings. The van der Waals surface area contributed by atoms with Crippen molar-refractivity contribution < 1.29 is 31.2 Å². The van der Waals surface area contributed by atoms with Crippen LogP contribution in [0.4, 0.5) is 18.9 Å². The van der Waals surface area contributed by atoms with Gasteiger partial charge in [0.05, 0.1) is 16.1 Å². The second-order valence-electron chi connectivity index (χ2n) is 10.5. The van der Waals surface area contributed by atoms with E-state index in [4.69, 9.17) is 0 Å². The molecule has 0 saturated carbocycles. The number of benzene rings is 3. The van der Waals surface area contributed by atoms with Crippen LogP contribution in [0, 0.1) is 12.8 Å². The fraction of sp³-hybridized carbons (Fsp3) is 0.355. The molecule has 3 rings (SSSR count). The van der Waals surface area contributed by atoms with Crippen LogP contribution in [0.1, 0.15) is 37.5 Å². The molecule has 0 bridgehead atoms. The maximum absolute atomic E-state index is 13.9. The van der Waals surface area contributed by atoms with E-state index in [9.17, 15) is 31.2 Å². The van der Waals surface area contributed by atoms with E-state index in [0.29, 0.717) is 23.3 Å². The normalized spacial score (nSPS) is 12.6. The maximum atomic E-state index is 13.9.